The first-order valence-electron chi connectivity index (χ1n) is 10.7. The molecule has 2 fully saturated rings. The van der Waals surface area contributed by atoms with Crippen LogP contribution in [0.4, 0.5) is 17.1 Å². The molecule has 2 heterocycles. The number of carbonyl (C=O) groups is 1. The number of amides is 1. The first kappa shape index (κ1) is 22.8. The molecule has 0 aliphatic carbocycles. The fourth-order valence-corrected chi connectivity index (χ4v) is 5.43. The van der Waals surface area contributed by atoms with E-state index in [1.54, 1.807) is 23.1 Å². The number of hydrogen-bond donors (Lipinski definition) is 2. The number of aliphatic hydroxyl groups is 1. The Morgan fingerprint density at radius 3 is 2.28 bits per heavy atom. The number of anilines is 3. The lowest BCUT2D eigenvalue weighted by atomic mass is 9.97. The number of nitriles is 1. The van der Waals surface area contributed by atoms with E-state index in [1.807, 2.05) is 36.9 Å². The Hall–Kier alpha value is -2.40. The summed E-state index contributed by atoms with van der Waals surface area (Å²) < 4.78 is 0. The predicted molar refractivity (Wildman–Crippen MR) is 131 cm³/mol. The van der Waals surface area contributed by atoms with Crippen LogP contribution in [0.15, 0.2) is 42.5 Å². The van der Waals surface area contributed by atoms with Gasteiger partial charge in [-0.1, -0.05) is 11.6 Å². The predicted octanol–water partition coefficient (Wildman–Crippen LogP) is 4.27. The van der Waals surface area contributed by atoms with Gasteiger partial charge >= 0.3 is 0 Å². The summed E-state index contributed by atoms with van der Waals surface area (Å²) in [5, 5.41) is 18.8. The van der Waals surface area contributed by atoms with Gasteiger partial charge < -0.3 is 14.9 Å². The molecule has 32 heavy (non-hydrogen) atoms. The number of rotatable bonds is 4. The highest BCUT2D eigenvalue weighted by Gasteiger charge is 2.51. The van der Waals surface area contributed by atoms with Crippen molar-refractivity contribution in [1.82, 2.24) is 0 Å². The highest BCUT2D eigenvalue weighted by molar-refractivity contribution is 7.81. The lowest BCUT2D eigenvalue weighted by Gasteiger charge is -2.35. The van der Waals surface area contributed by atoms with Crippen molar-refractivity contribution in [2.45, 2.75) is 37.7 Å². The van der Waals surface area contributed by atoms with Crippen LogP contribution in [-0.2, 0) is 4.79 Å². The van der Waals surface area contributed by atoms with Crippen LogP contribution in [0.1, 0.15) is 32.3 Å². The van der Waals surface area contributed by atoms with Gasteiger partial charge in [-0.3, -0.25) is 9.69 Å². The Kier molecular flexibility index (Phi) is 6.30. The number of benzene rings is 2. The molecule has 2 aromatic rings. The zero-order chi connectivity index (χ0) is 23.0. The molecule has 0 bridgehead atoms. The van der Waals surface area contributed by atoms with Crippen LogP contribution in [0.5, 0.6) is 0 Å². The lowest BCUT2D eigenvalue weighted by Crippen LogP contribution is -2.45. The van der Waals surface area contributed by atoms with Crippen LogP contribution in [0.2, 0.25) is 5.02 Å². The van der Waals surface area contributed by atoms with Crippen LogP contribution >= 0.6 is 24.2 Å². The summed E-state index contributed by atoms with van der Waals surface area (Å²) in [5.74, 6) is 0.307. The number of nitrogens with zero attached hydrogens (tertiary/aromatic N) is 4. The molecular formula is C24H27ClN4O2S. The largest absolute Gasteiger partial charge is 0.396 e. The van der Waals surface area contributed by atoms with E-state index >= 15 is 0 Å². The van der Waals surface area contributed by atoms with Gasteiger partial charge in [-0.05, 0) is 75.1 Å². The third-order valence-corrected chi connectivity index (χ3v) is 7.30. The lowest BCUT2D eigenvalue weighted by molar-refractivity contribution is -0.120. The number of aliphatic hydroxyl groups excluding tert-OH is 1. The molecule has 1 amide bonds. The van der Waals surface area contributed by atoms with Crippen molar-refractivity contribution >= 4 is 47.2 Å². The molecule has 0 aromatic heterocycles. The van der Waals surface area contributed by atoms with Crippen molar-refractivity contribution in [1.29, 1.82) is 5.26 Å². The van der Waals surface area contributed by atoms with E-state index in [1.165, 1.54) is 0 Å². The molecule has 0 radical (unpaired) electrons. The number of carbonyl (C=O) groups excluding carboxylic acids is 1. The Labute approximate surface area is 199 Å². The molecule has 168 valence electrons. The maximum Gasteiger partial charge on any atom is 0.254 e. The molecule has 1 N–H and O–H groups in total. The summed E-state index contributed by atoms with van der Waals surface area (Å²) in [6, 6.07) is 15.2. The van der Waals surface area contributed by atoms with Crippen LogP contribution in [-0.4, -0.2) is 41.7 Å². The molecule has 0 spiro atoms. The van der Waals surface area contributed by atoms with Gasteiger partial charge in [0.2, 0.25) is 0 Å². The van der Waals surface area contributed by atoms with Gasteiger partial charge in [0.25, 0.3) is 5.91 Å². The van der Waals surface area contributed by atoms with Crippen molar-refractivity contribution in [3.05, 3.63) is 53.1 Å². The SMILES string of the molecule is CC1(C)C(=O)N(c2ccc(C#N)c(Cl)c2)C(S)N1c1ccc(N2CCC(CO)CC2)cc1. The van der Waals surface area contributed by atoms with Gasteiger partial charge in [0, 0.05) is 36.8 Å². The van der Waals surface area contributed by atoms with E-state index in [-0.39, 0.29) is 12.5 Å². The van der Waals surface area contributed by atoms with E-state index < -0.39 is 11.0 Å². The molecule has 8 heteroatoms. The van der Waals surface area contributed by atoms with E-state index in [0.717, 1.165) is 37.3 Å². The fourth-order valence-electron chi connectivity index (χ4n) is 4.56. The monoisotopic (exact) mass is 470 g/mol. The van der Waals surface area contributed by atoms with Crippen molar-refractivity contribution in [2.24, 2.45) is 5.92 Å². The summed E-state index contributed by atoms with van der Waals surface area (Å²) in [7, 11) is 0. The second kappa shape index (κ2) is 8.86. The van der Waals surface area contributed by atoms with Gasteiger partial charge in [0.05, 0.1) is 10.6 Å². The van der Waals surface area contributed by atoms with Gasteiger partial charge in [-0.25, -0.2) is 0 Å². The van der Waals surface area contributed by atoms with Gasteiger partial charge in [0.15, 0.2) is 5.50 Å². The van der Waals surface area contributed by atoms with Crippen molar-refractivity contribution in [3.63, 3.8) is 0 Å². The minimum atomic E-state index is -0.812. The summed E-state index contributed by atoms with van der Waals surface area (Å²) >= 11 is 11.0. The van der Waals surface area contributed by atoms with Crippen molar-refractivity contribution in [3.8, 4) is 6.07 Å². The van der Waals surface area contributed by atoms with E-state index in [0.29, 0.717) is 22.2 Å². The Morgan fingerprint density at radius 2 is 1.72 bits per heavy atom. The second-order valence-corrected chi connectivity index (χ2v) is 9.73. The van der Waals surface area contributed by atoms with Crippen molar-refractivity contribution < 1.29 is 9.90 Å². The number of thiol groups is 1. The molecular weight excluding hydrogens is 444 g/mol. The standard InChI is InChI=1S/C24H27ClN4O2S/c1-24(2)22(31)28(20-4-3-17(14-26)21(25)13-20)23(32)29(24)19-7-5-18(6-8-19)27-11-9-16(15-30)10-12-27/h3-8,13,16,23,30,32H,9-12,15H2,1-2H3. The van der Waals surface area contributed by atoms with Crippen LogP contribution in [0, 0.1) is 17.2 Å². The van der Waals surface area contributed by atoms with Gasteiger partial charge in [-0.2, -0.15) is 5.26 Å². The minimum Gasteiger partial charge on any atom is -0.396 e. The average molecular weight is 471 g/mol. The molecule has 2 saturated heterocycles. The zero-order valence-corrected chi connectivity index (χ0v) is 19.9. The molecule has 0 saturated carbocycles. The summed E-state index contributed by atoms with van der Waals surface area (Å²) in [4.78, 5) is 19.3. The molecule has 6 nitrogen and oxygen atoms in total. The van der Waals surface area contributed by atoms with E-state index in [9.17, 15) is 9.90 Å². The third-order valence-electron chi connectivity index (χ3n) is 6.52. The second-order valence-electron chi connectivity index (χ2n) is 8.86. The maximum absolute atomic E-state index is 13.4. The van der Waals surface area contributed by atoms with Gasteiger partial charge in [-0.15, -0.1) is 12.6 Å². The Bertz CT molecular complexity index is 1040. The van der Waals surface area contributed by atoms with E-state index in [4.69, 9.17) is 29.5 Å². The average Bonchev–Trinajstić information content (AvgIpc) is 2.97. The highest BCUT2D eigenvalue weighted by Crippen LogP contribution is 2.41. The summed E-state index contributed by atoms with van der Waals surface area (Å²) in [6.45, 7) is 5.89. The van der Waals surface area contributed by atoms with E-state index in [2.05, 4.69) is 17.0 Å². The number of halogens is 1. The van der Waals surface area contributed by atoms with Crippen LogP contribution in [0.3, 0.4) is 0 Å². The highest BCUT2D eigenvalue weighted by atomic mass is 35.5. The topological polar surface area (TPSA) is 70.8 Å². The first-order valence-corrected chi connectivity index (χ1v) is 11.6. The Morgan fingerprint density at radius 1 is 1.12 bits per heavy atom. The molecule has 1 unspecified atom stereocenters. The fraction of sp³-hybridized carbons (Fsp3) is 0.417. The quantitative estimate of drug-likeness (QED) is 0.653. The first-order chi connectivity index (χ1) is 15.3. The molecule has 4 rings (SSSR count). The summed E-state index contributed by atoms with van der Waals surface area (Å²) in [6.07, 6.45) is 1.99. The molecule has 2 aliphatic heterocycles. The number of hydrogen-bond acceptors (Lipinski definition) is 6. The molecule has 2 aliphatic rings. The zero-order valence-electron chi connectivity index (χ0n) is 18.2. The Balaban J connectivity index is 1.59. The molecule has 1 atom stereocenters. The number of piperidine rings is 1. The smallest absolute Gasteiger partial charge is 0.254 e. The minimum absolute atomic E-state index is 0.0894. The maximum atomic E-state index is 13.4. The van der Waals surface area contributed by atoms with Gasteiger partial charge in [0.1, 0.15) is 11.6 Å². The molecule has 2 aromatic carbocycles. The normalized spacial score (nSPS) is 21.2. The van der Waals surface area contributed by atoms with Crippen LogP contribution in [0.25, 0.3) is 0 Å². The third kappa shape index (κ3) is 3.92. The van der Waals surface area contributed by atoms with Crippen molar-refractivity contribution in [2.75, 3.05) is 34.4 Å². The van der Waals surface area contributed by atoms with Crippen LogP contribution < -0.4 is 14.7 Å². The summed E-state index contributed by atoms with van der Waals surface area (Å²) in [5.41, 5.74) is 1.69.